The summed E-state index contributed by atoms with van der Waals surface area (Å²) in [5.41, 5.74) is 1.05. The van der Waals surface area contributed by atoms with Crippen molar-refractivity contribution < 1.29 is 24.2 Å². The molecule has 0 spiro atoms. The molecule has 0 radical (unpaired) electrons. The molecule has 2 aliphatic rings. The second-order valence-corrected chi connectivity index (χ2v) is 5.14. The average molecular weight is 286 g/mol. The number of aliphatic hydroxyl groups excluding tert-OH is 1. The van der Waals surface area contributed by atoms with Crippen LogP contribution in [0.3, 0.4) is 0 Å². The lowest BCUT2D eigenvalue weighted by atomic mass is 9.85. The Kier molecular flexibility index (Phi) is 2.95. The molecule has 0 aromatic heterocycles. The van der Waals surface area contributed by atoms with Crippen LogP contribution >= 0.6 is 0 Å². The van der Waals surface area contributed by atoms with E-state index in [0.29, 0.717) is 11.3 Å². The van der Waals surface area contributed by atoms with E-state index in [4.69, 9.17) is 9.47 Å². The van der Waals surface area contributed by atoms with Gasteiger partial charge in [0.1, 0.15) is 18.0 Å². The lowest BCUT2D eigenvalue weighted by molar-refractivity contribution is 0.0644. The monoisotopic (exact) mass is 286 g/mol. The van der Waals surface area contributed by atoms with Crippen molar-refractivity contribution >= 4 is 11.6 Å². The van der Waals surface area contributed by atoms with E-state index in [0.717, 1.165) is 0 Å². The summed E-state index contributed by atoms with van der Waals surface area (Å²) in [6.07, 6.45) is -1.94. The lowest BCUT2D eigenvalue weighted by Gasteiger charge is -2.16. The molecule has 2 atom stereocenters. The van der Waals surface area contributed by atoms with Crippen molar-refractivity contribution in [1.29, 1.82) is 0 Å². The fourth-order valence-electron chi connectivity index (χ4n) is 2.63. The number of ether oxygens (including phenoxy) is 2. The molecule has 1 heterocycles. The minimum atomic E-state index is -1.17. The Labute approximate surface area is 121 Å². The van der Waals surface area contributed by atoms with Crippen LogP contribution in [-0.4, -0.2) is 36.0 Å². The highest BCUT2D eigenvalue weighted by molar-refractivity contribution is 6.27. The second kappa shape index (κ2) is 4.56. The van der Waals surface area contributed by atoms with E-state index in [-0.39, 0.29) is 22.5 Å². The number of hydrogen-bond donors (Lipinski definition) is 1. The zero-order chi connectivity index (χ0) is 15.3. The van der Waals surface area contributed by atoms with Gasteiger partial charge in [0.2, 0.25) is 5.78 Å². The number of rotatable bonds is 2. The van der Waals surface area contributed by atoms with Crippen LogP contribution in [0.5, 0.6) is 5.75 Å². The number of ketones is 2. The molecular formula is C16H14O5. The van der Waals surface area contributed by atoms with Gasteiger partial charge in [0.25, 0.3) is 0 Å². The van der Waals surface area contributed by atoms with Crippen LogP contribution in [0.4, 0.5) is 0 Å². The fraction of sp³-hybridized carbons (Fsp3) is 0.250. The highest BCUT2D eigenvalue weighted by Gasteiger charge is 2.46. The Hall–Kier alpha value is -2.40. The molecule has 3 rings (SSSR count). The van der Waals surface area contributed by atoms with Crippen LogP contribution in [0.25, 0.3) is 0 Å². The average Bonchev–Trinajstić information content (AvgIpc) is 2.82. The number of hydrogen-bond acceptors (Lipinski definition) is 5. The van der Waals surface area contributed by atoms with Crippen LogP contribution in [0.15, 0.2) is 41.7 Å². The molecule has 108 valence electrons. The van der Waals surface area contributed by atoms with Gasteiger partial charge in [-0.05, 0) is 30.7 Å². The highest BCUT2D eigenvalue weighted by atomic mass is 16.5. The molecule has 1 aromatic rings. The summed E-state index contributed by atoms with van der Waals surface area (Å²) in [6.45, 7) is 5.40. The van der Waals surface area contributed by atoms with Crippen LogP contribution in [0.1, 0.15) is 27.6 Å². The van der Waals surface area contributed by atoms with Gasteiger partial charge in [-0.3, -0.25) is 9.59 Å². The smallest absolute Gasteiger partial charge is 0.228 e. The third-order valence-electron chi connectivity index (χ3n) is 3.72. The Morgan fingerprint density at radius 2 is 2.00 bits per heavy atom. The SMILES string of the molecule is C=C(C)[C@H]1OC2=C(C(=O)c3cc(OC)ccc3C2=O)[C@H]1O. The first-order chi connectivity index (χ1) is 9.95. The summed E-state index contributed by atoms with van der Waals surface area (Å²) in [6, 6.07) is 4.64. The van der Waals surface area contributed by atoms with Gasteiger partial charge in [-0.15, -0.1) is 0 Å². The standard InChI is InChI=1S/C16H14O5/c1-7(2)15-14(19)11-12(17)10-6-8(20-3)4-5-9(10)13(18)16(11)21-15/h4-6,14-15,19H,1H2,2-3H3/t14-,15-/m1/s1. The van der Waals surface area contributed by atoms with Crippen molar-refractivity contribution in [3.05, 3.63) is 52.8 Å². The lowest BCUT2D eigenvalue weighted by Crippen LogP contribution is -2.28. The van der Waals surface area contributed by atoms with E-state index >= 15 is 0 Å². The summed E-state index contributed by atoms with van der Waals surface area (Å²) >= 11 is 0. The molecule has 5 nitrogen and oxygen atoms in total. The molecule has 21 heavy (non-hydrogen) atoms. The fourth-order valence-corrected chi connectivity index (χ4v) is 2.63. The first-order valence-electron chi connectivity index (χ1n) is 6.47. The van der Waals surface area contributed by atoms with Gasteiger partial charge in [-0.25, -0.2) is 0 Å². The quantitative estimate of drug-likeness (QED) is 0.837. The van der Waals surface area contributed by atoms with Gasteiger partial charge in [-0.1, -0.05) is 6.58 Å². The first kappa shape index (κ1) is 13.6. The van der Waals surface area contributed by atoms with Crippen molar-refractivity contribution in [3.8, 4) is 5.75 Å². The van der Waals surface area contributed by atoms with E-state index in [1.165, 1.54) is 19.2 Å². The molecule has 0 saturated heterocycles. The highest BCUT2D eigenvalue weighted by Crippen LogP contribution is 2.38. The number of carbonyl (C=O) groups excluding carboxylic acids is 2. The molecule has 1 aliphatic heterocycles. The number of aliphatic hydroxyl groups is 1. The van der Waals surface area contributed by atoms with Crippen LogP contribution in [0.2, 0.25) is 0 Å². The summed E-state index contributed by atoms with van der Waals surface area (Å²) in [5.74, 6) is -0.401. The van der Waals surface area contributed by atoms with Crippen molar-refractivity contribution in [2.24, 2.45) is 0 Å². The summed E-state index contributed by atoms with van der Waals surface area (Å²) in [5, 5.41) is 10.2. The maximum atomic E-state index is 12.6. The number of fused-ring (bicyclic) bond motifs is 1. The number of carbonyl (C=O) groups is 2. The number of allylic oxidation sites excluding steroid dienone is 1. The molecule has 0 unspecified atom stereocenters. The van der Waals surface area contributed by atoms with E-state index in [1.807, 2.05) is 0 Å². The maximum absolute atomic E-state index is 12.6. The van der Waals surface area contributed by atoms with Crippen LogP contribution in [-0.2, 0) is 4.74 Å². The molecule has 0 fully saturated rings. The maximum Gasteiger partial charge on any atom is 0.228 e. The first-order valence-corrected chi connectivity index (χ1v) is 6.47. The minimum Gasteiger partial charge on any atom is -0.497 e. The number of methoxy groups -OCH3 is 1. The van der Waals surface area contributed by atoms with Gasteiger partial charge in [0.15, 0.2) is 11.5 Å². The number of benzene rings is 1. The van der Waals surface area contributed by atoms with E-state index < -0.39 is 23.8 Å². The predicted octanol–water partition coefficient (Wildman–Crippen LogP) is 1.66. The normalized spacial score (nSPS) is 23.6. The van der Waals surface area contributed by atoms with Crippen molar-refractivity contribution in [2.75, 3.05) is 7.11 Å². The van der Waals surface area contributed by atoms with Gasteiger partial charge < -0.3 is 14.6 Å². The molecular weight excluding hydrogens is 272 g/mol. The van der Waals surface area contributed by atoms with Crippen molar-refractivity contribution in [1.82, 2.24) is 0 Å². The molecule has 0 saturated carbocycles. The topological polar surface area (TPSA) is 72.8 Å². The van der Waals surface area contributed by atoms with E-state index in [9.17, 15) is 14.7 Å². The summed E-state index contributed by atoms with van der Waals surface area (Å²) in [4.78, 5) is 25.0. The third kappa shape index (κ3) is 1.81. The molecule has 1 aliphatic carbocycles. The predicted molar refractivity (Wildman–Crippen MR) is 74.4 cm³/mol. The van der Waals surface area contributed by atoms with Gasteiger partial charge in [-0.2, -0.15) is 0 Å². The van der Waals surface area contributed by atoms with Crippen LogP contribution in [0, 0.1) is 0 Å². The third-order valence-corrected chi connectivity index (χ3v) is 3.72. The zero-order valence-electron chi connectivity index (χ0n) is 11.7. The Bertz CT molecular complexity index is 713. The Morgan fingerprint density at radius 3 is 2.62 bits per heavy atom. The molecule has 0 amide bonds. The van der Waals surface area contributed by atoms with Crippen molar-refractivity contribution in [3.63, 3.8) is 0 Å². The molecule has 1 aromatic carbocycles. The zero-order valence-corrected chi connectivity index (χ0v) is 11.7. The minimum absolute atomic E-state index is 0.00810. The van der Waals surface area contributed by atoms with E-state index in [1.54, 1.807) is 13.0 Å². The van der Waals surface area contributed by atoms with Gasteiger partial charge in [0, 0.05) is 11.1 Å². The van der Waals surface area contributed by atoms with Crippen LogP contribution < -0.4 is 4.74 Å². The van der Waals surface area contributed by atoms with Crippen molar-refractivity contribution in [2.45, 2.75) is 19.1 Å². The summed E-state index contributed by atoms with van der Waals surface area (Å²) in [7, 11) is 1.48. The van der Waals surface area contributed by atoms with Gasteiger partial charge in [0.05, 0.1) is 12.7 Å². The Morgan fingerprint density at radius 1 is 1.29 bits per heavy atom. The molecule has 5 heteroatoms. The molecule has 1 N–H and O–H groups in total. The molecule has 0 bridgehead atoms. The Balaban J connectivity index is 2.12. The number of Topliss-reactive ketones (excluding diaryl/α,β-unsaturated/α-hetero) is 2. The van der Waals surface area contributed by atoms with E-state index in [2.05, 4.69) is 6.58 Å². The van der Waals surface area contributed by atoms with Gasteiger partial charge >= 0.3 is 0 Å². The second-order valence-electron chi connectivity index (χ2n) is 5.14. The largest absolute Gasteiger partial charge is 0.497 e. The summed E-state index contributed by atoms with van der Waals surface area (Å²) < 4.78 is 10.5.